The molecule has 1 heterocycles. The van der Waals surface area contributed by atoms with E-state index in [-0.39, 0.29) is 37.5 Å². The summed E-state index contributed by atoms with van der Waals surface area (Å²) in [7, 11) is 3.20. The van der Waals surface area contributed by atoms with Gasteiger partial charge >= 0.3 is 0 Å². The van der Waals surface area contributed by atoms with Crippen molar-refractivity contribution < 1.29 is 28.7 Å². The minimum absolute atomic E-state index is 0.141. The van der Waals surface area contributed by atoms with Crippen molar-refractivity contribution >= 4 is 23.6 Å². The minimum atomic E-state index is -1.16. The summed E-state index contributed by atoms with van der Waals surface area (Å²) < 4.78 is 10.8. The SMILES string of the molecule is COCCCNC(=O)[C@@H]1CC(=O)N[C@@H](Cc2ccccc2)C(=O)N(C)CCOc2ccccc2C(=O)N1. The first-order valence-corrected chi connectivity index (χ1v) is 12.3. The van der Waals surface area contributed by atoms with Crippen LogP contribution in [-0.2, 0) is 25.5 Å². The second-order valence-corrected chi connectivity index (χ2v) is 8.78. The summed E-state index contributed by atoms with van der Waals surface area (Å²) in [4.78, 5) is 53.9. The molecule has 0 saturated carbocycles. The van der Waals surface area contributed by atoms with Crippen molar-refractivity contribution in [1.29, 1.82) is 0 Å². The van der Waals surface area contributed by atoms with Gasteiger partial charge in [0, 0.05) is 33.7 Å². The number of rotatable bonds is 7. The molecule has 3 N–H and O–H groups in total. The molecule has 37 heavy (non-hydrogen) atoms. The van der Waals surface area contributed by atoms with Gasteiger partial charge in [-0.2, -0.15) is 0 Å². The highest BCUT2D eigenvalue weighted by atomic mass is 16.5. The van der Waals surface area contributed by atoms with Gasteiger partial charge in [0.25, 0.3) is 5.91 Å². The Kier molecular flexibility index (Phi) is 10.5. The molecule has 2 aromatic carbocycles. The normalized spacial score (nSPS) is 19.1. The van der Waals surface area contributed by atoms with Crippen LogP contribution in [0.1, 0.15) is 28.8 Å². The summed E-state index contributed by atoms with van der Waals surface area (Å²) in [5.41, 5.74) is 1.11. The standard InChI is InChI=1S/C27H34N4O6/c1-31-14-16-37-23-12-7-6-11-20(23)25(33)30-21(26(34)28-13-8-15-36-2)18-24(32)29-22(27(31)35)17-19-9-4-3-5-10-19/h3-7,9-12,21-22H,8,13-18H2,1-2H3,(H,28,34)(H,29,32)(H,30,33)/t21-,22-/m0/s1. The molecule has 0 aromatic heterocycles. The molecule has 4 amide bonds. The van der Waals surface area contributed by atoms with E-state index in [2.05, 4.69) is 16.0 Å². The summed E-state index contributed by atoms with van der Waals surface area (Å²) in [6.45, 7) is 1.17. The van der Waals surface area contributed by atoms with Crippen molar-refractivity contribution in [2.45, 2.75) is 31.3 Å². The monoisotopic (exact) mass is 510 g/mol. The first-order chi connectivity index (χ1) is 17.9. The molecule has 2 atom stereocenters. The van der Waals surface area contributed by atoms with E-state index in [0.29, 0.717) is 25.3 Å². The van der Waals surface area contributed by atoms with Crippen LogP contribution in [0, 0.1) is 0 Å². The van der Waals surface area contributed by atoms with E-state index in [1.165, 1.54) is 4.90 Å². The van der Waals surface area contributed by atoms with Crippen LogP contribution in [0.3, 0.4) is 0 Å². The average Bonchev–Trinajstić information content (AvgIpc) is 2.90. The molecule has 1 aliphatic rings. The molecule has 0 radical (unpaired) electrons. The number of carbonyl (C=O) groups excluding carboxylic acids is 4. The Balaban J connectivity index is 1.86. The fraction of sp³-hybridized carbons (Fsp3) is 0.407. The van der Waals surface area contributed by atoms with Crippen LogP contribution < -0.4 is 20.7 Å². The predicted octanol–water partition coefficient (Wildman–Crippen LogP) is 0.906. The summed E-state index contributed by atoms with van der Waals surface area (Å²) in [5.74, 6) is -1.53. The van der Waals surface area contributed by atoms with Crippen molar-refractivity contribution in [1.82, 2.24) is 20.9 Å². The van der Waals surface area contributed by atoms with Crippen molar-refractivity contribution in [2.75, 3.05) is 40.5 Å². The number of benzene rings is 2. The number of likely N-dealkylation sites (N-methyl/N-ethyl adjacent to an activating group) is 1. The van der Waals surface area contributed by atoms with Gasteiger partial charge in [-0.1, -0.05) is 42.5 Å². The zero-order chi connectivity index (χ0) is 26.6. The van der Waals surface area contributed by atoms with Crippen molar-refractivity contribution in [3.63, 3.8) is 0 Å². The second-order valence-electron chi connectivity index (χ2n) is 8.78. The Morgan fingerprint density at radius 3 is 2.57 bits per heavy atom. The number of amides is 4. The summed E-state index contributed by atoms with van der Waals surface area (Å²) in [5, 5.41) is 8.17. The van der Waals surface area contributed by atoms with E-state index in [9.17, 15) is 19.2 Å². The molecule has 0 unspecified atom stereocenters. The van der Waals surface area contributed by atoms with Crippen molar-refractivity contribution in [3.8, 4) is 5.75 Å². The van der Waals surface area contributed by atoms with Gasteiger partial charge < -0.3 is 30.3 Å². The van der Waals surface area contributed by atoms with Crippen LogP contribution in [0.15, 0.2) is 54.6 Å². The van der Waals surface area contributed by atoms with E-state index in [4.69, 9.17) is 9.47 Å². The molecular weight excluding hydrogens is 476 g/mol. The van der Waals surface area contributed by atoms with Crippen LogP contribution >= 0.6 is 0 Å². The molecule has 1 aliphatic heterocycles. The van der Waals surface area contributed by atoms with E-state index < -0.39 is 29.8 Å². The van der Waals surface area contributed by atoms with Gasteiger partial charge in [-0.25, -0.2) is 0 Å². The van der Waals surface area contributed by atoms with Gasteiger partial charge in [0.15, 0.2) is 0 Å². The molecule has 0 fully saturated rings. The largest absolute Gasteiger partial charge is 0.491 e. The van der Waals surface area contributed by atoms with E-state index in [0.717, 1.165) is 5.56 Å². The zero-order valence-corrected chi connectivity index (χ0v) is 21.2. The smallest absolute Gasteiger partial charge is 0.255 e. The molecule has 0 aliphatic carbocycles. The molecule has 0 bridgehead atoms. The fourth-order valence-corrected chi connectivity index (χ4v) is 3.93. The quantitative estimate of drug-likeness (QED) is 0.476. The zero-order valence-electron chi connectivity index (χ0n) is 21.2. The highest BCUT2D eigenvalue weighted by molar-refractivity contribution is 6.01. The van der Waals surface area contributed by atoms with Gasteiger partial charge in [0.05, 0.1) is 18.5 Å². The van der Waals surface area contributed by atoms with Gasteiger partial charge in [-0.05, 0) is 24.1 Å². The molecule has 3 rings (SSSR count). The topological polar surface area (TPSA) is 126 Å². The van der Waals surface area contributed by atoms with Gasteiger partial charge in [0.2, 0.25) is 17.7 Å². The van der Waals surface area contributed by atoms with Crippen LogP contribution in [0.5, 0.6) is 5.75 Å². The lowest BCUT2D eigenvalue weighted by atomic mass is 10.0. The summed E-state index contributed by atoms with van der Waals surface area (Å²) in [6, 6.07) is 14.0. The third kappa shape index (κ3) is 8.32. The van der Waals surface area contributed by atoms with Crippen molar-refractivity contribution in [2.24, 2.45) is 0 Å². The maximum Gasteiger partial charge on any atom is 0.255 e. The highest BCUT2D eigenvalue weighted by Crippen LogP contribution is 2.18. The van der Waals surface area contributed by atoms with Gasteiger partial charge in [0.1, 0.15) is 24.4 Å². The lowest BCUT2D eigenvalue weighted by Crippen LogP contribution is -2.53. The molecule has 10 nitrogen and oxygen atoms in total. The Hall–Kier alpha value is -3.92. The first kappa shape index (κ1) is 27.7. The Morgan fingerprint density at radius 1 is 1.08 bits per heavy atom. The number of fused-ring (bicyclic) bond motifs is 1. The van der Waals surface area contributed by atoms with Gasteiger partial charge in [-0.15, -0.1) is 0 Å². The van der Waals surface area contributed by atoms with E-state index >= 15 is 0 Å². The number of carbonyl (C=O) groups is 4. The first-order valence-electron chi connectivity index (χ1n) is 12.3. The Bertz CT molecular complexity index is 1080. The minimum Gasteiger partial charge on any atom is -0.491 e. The van der Waals surface area contributed by atoms with Crippen LogP contribution in [-0.4, -0.2) is 81.1 Å². The summed E-state index contributed by atoms with van der Waals surface area (Å²) in [6.07, 6.45) is 0.513. The van der Waals surface area contributed by atoms with Crippen LogP contribution in [0.2, 0.25) is 0 Å². The predicted molar refractivity (Wildman–Crippen MR) is 137 cm³/mol. The number of nitrogens with zero attached hydrogens (tertiary/aromatic N) is 1. The lowest BCUT2D eigenvalue weighted by molar-refractivity contribution is -0.136. The third-order valence-corrected chi connectivity index (χ3v) is 5.94. The number of ether oxygens (including phenoxy) is 2. The molecule has 2 aromatic rings. The number of para-hydroxylation sites is 1. The Labute approximate surface area is 216 Å². The highest BCUT2D eigenvalue weighted by Gasteiger charge is 2.30. The number of nitrogens with one attached hydrogen (secondary N) is 3. The van der Waals surface area contributed by atoms with Crippen LogP contribution in [0.4, 0.5) is 0 Å². The van der Waals surface area contributed by atoms with Gasteiger partial charge in [-0.3, -0.25) is 19.2 Å². The Morgan fingerprint density at radius 2 is 1.81 bits per heavy atom. The van der Waals surface area contributed by atoms with E-state index in [1.54, 1.807) is 38.4 Å². The lowest BCUT2D eigenvalue weighted by Gasteiger charge is -2.26. The average molecular weight is 511 g/mol. The van der Waals surface area contributed by atoms with Crippen LogP contribution in [0.25, 0.3) is 0 Å². The second kappa shape index (κ2) is 14.0. The molecule has 10 heteroatoms. The molecular formula is C27H34N4O6. The molecule has 0 spiro atoms. The molecule has 198 valence electrons. The maximum absolute atomic E-state index is 13.3. The maximum atomic E-state index is 13.3. The molecule has 0 saturated heterocycles. The summed E-state index contributed by atoms with van der Waals surface area (Å²) >= 11 is 0. The number of methoxy groups -OCH3 is 1. The van der Waals surface area contributed by atoms with E-state index in [1.807, 2.05) is 30.3 Å². The number of hydrogen-bond acceptors (Lipinski definition) is 6. The number of hydrogen-bond donors (Lipinski definition) is 3. The van der Waals surface area contributed by atoms with Crippen molar-refractivity contribution in [3.05, 3.63) is 65.7 Å². The third-order valence-electron chi connectivity index (χ3n) is 5.94. The fourth-order valence-electron chi connectivity index (χ4n) is 3.93.